The zero-order valence-corrected chi connectivity index (χ0v) is 14.0. The van der Waals surface area contributed by atoms with Crippen LogP contribution in [-0.2, 0) is 6.54 Å². The molecule has 1 rings (SSSR count). The number of hydrogen-bond donors (Lipinski definition) is 2. The van der Waals surface area contributed by atoms with Crippen LogP contribution >= 0.6 is 15.9 Å². The van der Waals surface area contributed by atoms with E-state index in [-0.39, 0.29) is 6.61 Å². The molecule has 0 spiro atoms. The van der Waals surface area contributed by atoms with Crippen molar-refractivity contribution in [2.24, 2.45) is 0 Å². The lowest BCUT2D eigenvalue weighted by atomic mass is 10.1. The van der Waals surface area contributed by atoms with Crippen molar-refractivity contribution in [2.75, 3.05) is 20.3 Å². The monoisotopic (exact) mass is 345 g/mol. The maximum absolute atomic E-state index is 9.00. The molecule has 0 aromatic heterocycles. The largest absolute Gasteiger partial charge is 0.493 e. The molecule has 0 aliphatic rings. The van der Waals surface area contributed by atoms with Crippen molar-refractivity contribution in [3.05, 3.63) is 22.2 Å². The predicted molar refractivity (Wildman–Crippen MR) is 84.5 cm³/mol. The molecule has 20 heavy (non-hydrogen) atoms. The minimum atomic E-state index is 0.210. The topological polar surface area (TPSA) is 50.7 Å². The third-order valence-corrected chi connectivity index (χ3v) is 3.73. The Morgan fingerprint density at radius 2 is 2.10 bits per heavy atom. The van der Waals surface area contributed by atoms with E-state index in [1.165, 1.54) is 0 Å². The van der Waals surface area contributed by atoms with Gasteiger partial charge in [0.05, 0.1) is 18.2 Å². The Morgan fingerprint density at radius 1 is 1.35 bits per heavy atom. The minimum absolute atomic E-state index is 0.210. The first-order valence-electron chi connectivity index (χ1n) is 6.99. The summed E-state index contributed by atoms with van der Waals surface area (Å²) in [6, 6.07) is 4.34. The summed E-state index contributed by atoms with van der Waals surface area (Å²) >= 11 is 3.52. The summed E-state index contributed by atoms with van der Waals surface area (Å²) in [5.41, 5.74) is 1.12. The van der Waals surface area contributed by atoms with Gasteiger partial charge in [0, 0.05) is 19.2 Å². The van der Waals surface area contributed by atoms with Crippen molar-refractivity contribution in [3.63, 3.8) is 0 Å². The van der Waals surface area contributed by atoms with E-state index < -0.39 is 0 Å². The molecule has 5 heteroatoms. The van der Waals surface area contributed by atoms with Crippen LogP contribution in [-0.4, -0.2) is 31.5 Å². The average Bonchev–Trinajstić information content (AvgIpc) is 2.45. The Kier molecular flexibility index (Phi) is 7.95. The average molecular weight is 346 g/mol. The van der Waals surface area contributed by atoms with E-state index in [1.54, 1.807) is 7.11 Å². The number of hydrogen-bond acceptors (Lipinski definition) is 4. The first-order chi connectivity index (χ1) is 9.65. The molecule has 4 nitrogen and oxygen atoms in total. The van der Waals surface area contributed by atoms with Crippen molar-refractivity contribution in [3.8, 4) is 11.5 Å². The number of rotatable bonds is 9. The minimum Gasteiger partial charge on any atom is -0.493 e. The van der Waals surface area contributed by atoms with Crippen LogP contribution in [0.4, 0.5) is 0 Å². The Balaban J connectivity index is 2.78. The van der Waals surface area contributed by atoms with E-state index in [2.05, 4.69) is 28.2 Å². The standard InChI is InChI=1S/C15H24BrNO3/c1-4-12(6-7-18)17-10-11-8-13(16)15(20-5-2)14(9-11)19-3/h8-9,12,17-18H,4-7,10H2,1-3H3. The Labute approximate surface area is 129 Å². The summed E-state index contributed by atoms with van der Waals surface area (Å²) in [5, 5.41) is 12.4. The molecular formula is C15H24BrNO3. The summed E-state index contributed by atoms with van der Waals surface area (Å²) in [6.07, 6.45) is 1.77. The van der Waals surface area contributed by atoms with Gasteiger partial charge in [0.1, 0.15) is 0 Å². The van der Waals surface area contributed by atoms with E-state index >= 15 is 0 Å². The van der Waals surface area contributed by atoms with Crippen LogP contribution < -0.4 is 14.8 Å². The van der Waals surface area contributed by atoms with Crippen LogP contribution in [0.1, 0.15) is 32.3 Å². The van der Waals surface area contributed by atoms with Gasteiger partial charge in [-0.2, -0.15) is 0 Å². The Hall–Kier alpha value is -0.780. The lowest BCUT2D eigenvalue weighted by Crippen LogP contribution is -2.28. The van der Waals surface area contributed by atoms with E-state index in [9.17, 15) is 0 Å². The molecule has 1 atom stereocenters. The van der Waals surface area contributed by atoms with Crippen LogP contribution in [0.2, 0.25) is 0 Å². The molecule has 0 aliphatic heterocycles. The molecule has 1 aromatic rings. The van der Waals surface area contributed by atoms with Gasteiger partial charge in [-0.15, -0.1) is 0 Å². The third-order valence-electron chi connectivity index (χ3n) is 3.14. The van der Waals surface area contributed by atoms with Gasteiger partial charge in [-0.1, -0.05) is 6.92 Å². The van der Waals surface area contributed by atoms with E-state index in [1.807, 2.05) is 19.1 Å². The lowest BCUT2D eigenvalue weighted by Gasteiger charge is -2.17. The zero-order valence-electron chi connectivity index (χ0n) is 12.4. The second-order valence-electron chi connectivity index (χ2n) is 4.54. The van der Waals surface area contributed by atoms with Crippen LogP contribution in [0, 0.1) is 0 Å². The molecule has 1 unspecified atom stereocenters. The summed E-state index contributed by atoms with van der Waals surface area (Å²) in [6.45, 7) is 5.60. The highest BCUT2D eigenvalue weighted by molar-refractivity contribution is 9.10. The molecule has 0 aliphatic carbocycles. The van der Waals surface area contributed by atoms with Crippen molar-refractivity contribution < 1.29 is 14.6 Å². The second kappa shape index (κ2) is 9.21. The number of methoxy groups -OCH3 is 1. The molecule has 0 bridgehead atoms. The molecule has 0 heterocycles. The molecule has 0 saturated heterocycles. The van der Waals surface area contributed by atoms with Gasteiger partial charge < -0.3 is 19.9 Å². The smallest absolute Gasteiger partial charge is 0.175 e. The summed E-state index contributed by atoms with van der Waals surface area (Å²) in [7, 11) is 1.64. The van der Waals surface area contributed by atoms with Crippen LogP contribution in [0.15, 0.2) is 16.6 Å². The summed E-state index contributed by atoms with van der Waals surface area (Å²) in [4.78, 5) is 0. The predicted octanol–water partition coefficient (Wildman–Crippen LogP) is 3.11. The normalized spacial score (nSPS) is 12.2. The van der Waals surface area contributed by atoms with Crippen molar-refractivity contribution in [1.82, 2.24) is 5.32 Å². The van der Waals surface area contributed by atoms with Crippen LogP contribution in [0.25, 0.3) is 0 Å². The van der Waals surface area contributed by atoms with E-state index in [0.717, 1.165) is 40.9 Å². The maximum Gasteiger partial charge on any atom is 0.175 e. The number of aliphatic hydroxyl groups is 1. The fourth-order valence-corrected chi connectivity index (χ4v) is 2.63. The molecule has 1 aromatic carbocycles. The van der Waals surface area contributed by atoms with Crippen molar-refractivity contribution in [2.45, 2.75) is 39.3 Å². The number of aliphatic hydroxyl groups excluding tert-OH is 1. The highest BCUT2D eigenvalue weighted by Gasteiger charge is 2.12. The first-order valence-corrected chi connectivity index (χ1v) is 7.78. The fraction of sp³-hybridized carbons (Fsp3) is 0.600. The number of ether oxygens (including phenoxy) is 2. The Bertz CT molecular complexity index is 412. The summed E-state index contributed by atoms with van der Waals surface area (Å²) < 4.78 is 11.8. The van der Waals surface area contributed by atoms with Gasteiger partial charge in [0.2, 0.25) is 0 Å². The van der Waals surface area contributed by atoms with Gasteiger partial charge in [-0.05, 0) is 53.4 Å². The van der Waals surface area contributed by atoms with Gasteiger partial charge in [0.15, 0.2) is 11.5 Å². The fourth-order valence-electron chi connectivity index (χ4n) is 2.03. The molecule has 0 saturated carbocycles. The molecule has 0 radical (unpaired) electrons. The van der Waals surface area contributed by atoms with Crippen LogP contribution in [0.5, 0.6) is 11.5 Å². The SMILES string of the molecule is CCOc1c(Br)cc(CNC(CC)CCO)cc1OC. The second-order valence-corrected chi connectivity index (χ2v) is 5.39. The van der Waals surface area contributed by atoms with Gasteiger partial charge in [0.25, 0.3) is 0 Å². The molecule has 0 amide bonds. The quantitative estimate of drug-likeness (QED) is 0.721. The molecule has 0 fully saturated rings. The number of benzene rings is 1. The van der Waals surface area contributed by atoms with Crippen molar-refractivity contribution >= 4 is 15.9 Å². The van der Waals surface area contributed by atoms with Gasteiger partial charge in [-0.3, -0.25) is 0 Å². The summed E-state index contributed by atoms with van der Waals surface area (Å²) in [5.74, 6) is 1.47. The molecular weight excluding hydrogens is 322 g/mol. The highest BCUT2D eigenvalue weighted by Crippen LogP contribution is 2.36. The number of nitrogens with one attached hydrogen (secondary N) is 1. The third kappa shape index (κ3) is 4.96. The lowest BCUT2D eigenvalue weighted by molar-refractivity contribution is 0.262. The van der Waals surface area contributed by atoms with Crippen LogP contribution in [0.3, 0.4) is 0 Å². The first kappa shape index (κ1) is 17.3. The zero-order chi connectivity index (χ0) is 15.0. The molecule has 2 N–H and O–H groups in total. The van der Waals surface area contributed by atoms with E-state index in [4.69, 9.17) is 14.6 Å². The van der Waals surface area contributed by atoms with E-state index in [0.29, 0.717) is 12.6 Å². The van der Waals surface area contributed by atoms with Gasteiger partial charge in [-0.25, -0.2) is 0 Å². The van der Waals surface area contributed by atoms with Gasteiger partial charge >= 0.3 is 0 Å². The number of halogens is 1. The Morgan fingerprint density at radius 3 is 2.65 bits per heavy atom. The van der Waals surface area contributed by atoms with Crippen molar-refractivity contribution in [1.29, 1.82) is 0 Å². The maximum atomic E-state index is 9.00. The highest BCUT2D eigenvalue weighted by atomic mass is 79.9. The molecule has 114 valence electrons.